The summed E-state index contributed by atoms with van der Waals surface area (Å²) in [6.07, 6.45) is -1.53. The van der Waals surface area contributed by atoms with E-state index in [4.69, 9.17) is 15.4 Å². The van der Waals surface area contributed by atoms with Crippen molar-refractivity contribution in [3.63, 3.8) is 0 Å². The normalized spacial score (nSPS) is 14.0. The van der Waals surface area contributed by atoms with Gasteiger partial charge in [-0.3, -0.25) is 0 Å². The summed E-state index contributed by atoms with van der Waals surface area (Å²) >= 11 is 0. The van der Waals surface area contributed by atoms with Crippen LogP contribution in [0, 0.1) is 0 Å². The monoisotopic (exact) mass is 163 g/mol. The minimum atomic E-state index is -1.53. The highest BCUT2D eigenvalue weighted by Gasteiger charge is 2.17. The van der Waals surface area contributed by atoms with E-state index in [1.165, 1.54) is 0 Å². The minimum Gasteiger partial charge on any atom is -0.479 e. The van der Waals surface area contributed by atoms with E-state index in [2.05, 4.69) is 0 Å². The molecular weight excluding hydrogens is 150 g/mol. The lowest BCUT2D eigenvalue weighted by Crippen LogP contribution is -2.38. The number of aliphatic hydroxyl groups excluding tert-OH is 1. The summed E-state index contributed by atoms with van der Waals surface area (Å²) in [5, 5.41) is 26.7. The Morgan fingerprint density at radius 1 is 1.55 bits per heavy atom. The summed E-state index contributed by atoms with van der Waals surface area (Å²) in [5.74, 6) is -1.33. The quantitative estimate of drug-likeness (QED) is 0.488. The van der Waals surface area contributed by atoms with E-state index in [1.807, 2.05) is 0 Å². The number of aliphatic hydroxyl groups is 1. The van der Waals surface area contributed by atoms with Gasteiger partial charge in [0, 0.05) is 6.04 Å². The molecule has 0 spiro atoms. The Kier molecular flexibility index (Phi) is 4.02. The van der Waals surface area contributed by atoms with Crippen LogP contribution in [0.4, 0.5) is 0 Å². The van der Waals surface area contributed by atoms with Crippen LogP contribution in [-0.2, 0) is 4.79 Å². The first-order valence-corrected chi connectivity index (χ1v) is 3.31. The molecule has 0 aliphatic heterocycles. The van der Waals surface area contributed by atoms with Gasteiger partial charge in [0.2, 0.25) is 0 Å². The Labute approximate surface area is 64.8 Å². The molecule has 0 radical (unpaired) electrons. The van der Waals surface area contributed by atoms with Crippen molar-refractivity contribution in [2.45, 2.75) is 26.0 Å². The lowest BCUT2D eigenvalue weighted by Gasteiger charge is -2.19. The van der Waals surface area contributed by atoms with E-state index >= 15 is 0 Å². The zero-order valence-electron chi connectivity index (χ0n) is 6.56. The second-order valence-corrected chi connectivity index (χ2v) is 2.57. The van der Waals surface area contributed by atoms with Gasteiger partial charge in [-0.25, -0.2) is 4.79 Å². The number of hydroxylamine groups is 2. The highest BCUT2D eigenvalue weighted by molar-refractivity contribution is 5.72. The maximum Gasteiger partial charge on any atom is 0.333 e. The molecule has 11 heavy (non-hydrogen) atoms. The average Bonchev–Trinajstić information content (AvgIpc) is 1.87. The molecule has 0 saturated carbocycles. The van der Waals surface area contributed by atoms with Crippen LogP contribution in [0.25, 0.3) is 0 Å². The number of carboxylic acid groups (broad SMARTS) is 1. The van der Waals surface area contributed by atoms with Crippen LogP contribution in [0.15, 0.2) is 0 Å². The van der Waals surface area contributed by atoms with Gasteiger partial charge in [0.05, 0.1) is 6.54 Å². The van der Waals surface area contributed by atoms with E-state index in [0.29, 0.717) is 0 Å². The van der Waals surface area contributed by atoms with Crippen LogP contribution in [-0.4, -0.2) is 45.1 Å². The first-order chi connectivity index (χ1) is 4.95. The van der Waals surface area contributed by atoms with Crippen molar-refractivity contribution in [3.05, 3.63) is 0 Å². The van der Waals surface area contributed by atoms with Gasteiger partial charge in [-0.15, -0.1) is 0 Å². The molecule has 1 atom stereocenters. The molecule has 0 aromatic rings. The molecule has 66 valence electrons. The highest BCUT2D eigenvalue weighted by atomic mass is 16.5. The molecule has 0 amide bonds. The number of hydrogen-bond acceptors (Lipinski definition) is 4. The first-order valence-electron chi connectivity index (χ1n) is 3.31. The fraction of sp³-hybridized carbons (Fsp3) is 0.833. The first kappa shape index (κ1) is 10.3. The number of aliphatic carboxylic acids is 1. The number of carbonyl (C=O) groups is 1. The van der Waals surface area contributed by atoms with Gasteiger partial charge in [0.1, 0.15) is 0 Å². The molecule has 0 aliphatic carbocycles. The van der Waals surface area contributed by atoms with Gasteiger partial charge in [0.15, 0.2) is 6.10 Å². The third-order valence-corrected chi connectivity index (χ3v) is 1.24. The van der Waals surface area contributed by atoms with Crippen molar-refractivity contribution in [1.29, 1.82) is 0 Å². The highest BCUT2D eigenvalue weighted by Crippen LogP contribution is 1.95. The third kappa shape index (κ3) is 3.92. The van der Waals surface area contributed by atoms with Gasteiger partial charge in [-0.1, -0.05) is 0 Å². The average molecular weight is 163 g/mol. The Balaban J connectivity index is 3.75. The maximum absolute atomic E-state index is 10.1. The van der Waals surface area contributed by atoms with Gasteiger partial charge in [0.25, 0.3) is 0 Å². The van der Waals surface area contributed by atoms with E-state index in [0.717, 1.165) is 5.06 Å². The van der Waals surface area contributed by atoms with Crippen molar-refractivity contribution in [2.75, 3.05) is 6.54 Å². The van der Waals surface area contributed by atoms with Crippen molar-refractivity contribution < 1.29 is 20.2 Å². The molecule has 0 fully saturated rings. The van der Waals surface area contributed by atoms with Gasteiger partial charge >= 0.3 is 5.97 Å². The summed E-state index contributed by atoms with van der Waals surface area (Å²) in [7, 11) is 0. The van der Waals surface area contributed by atoms with Crippen LogP contribution >= 0.6 is 0 Å². The molecule has 0 rings (SSSR count). The van der Waals surface area contributed by atoms with E-state index in [9.17, 15) is 4.79 Å². The van der Waals surface area contributed by atoms with Crippen LogP contribution in [0.5, 0.6) is 0 Å². The molecule has 0 bridgehead atoms. The molecule has 0 aliphatic rings. The predicted molar refractivity (Wildman–Crippen MR) is 37.3 cm³/mol. The lowest BCUT2D eigenvalue weighted by atomic mass is 10.3. The topological polar surface area (TPSA) is 81.0 Å². The van der Waals surface area contributed by atoms with E-state index in [-0.39, 0.29) is 12.6 Å². The third-order valence-electron chi connectivity index (χ3n) is 1.24. The Bertz CT molecular complexity index is 137. The molecule has 3 N–H and O–H groups in total. The second-order valence-electron chi connectivity index (χ2n) is 2.57. The smallest absolute Gasteiger partial charge is 0.333 e. The number of carboxylic acids is 1. The predicted octanol–water partition coefficient (Wildman–Crippen LogP) is -0.469. The fourth-order valence-corrected chi connectivity index (χ4v) is 0.466. The Morgan fingerprint density at radius 2 is 2.00 bits per heavy atom. The lowest BCUT2D eigenvalue weighted by molar-refractivity contribution is -0.164. The molecule has 5 nitrogen and oxygen atoms in total. The van der Waals surface area contributed by atoms with Crippen molar-refractivity contribution in [3.8, 4) is 0 Å². The summed E-state index contributed by atoms with van der Waals surface area (Å²) in [6, 6.07) is -0.191. The van der Waals surface area contributed by atoms with Crippen LogP contribution in [0.2, 0.25) is 0 Å². The van der Waals surface area contributed by atoms with Gasteiger partial charge in [-0.2, -0.15) is 5.06 Å². The molecule has 0 aromatic carbocycles. The van der Waals surface area contributed by atoms with E-state index in [1.54, 1.807) is 13.8 Å². The van der Waals surface area contributed by atoms with Gasteiger partial charge in [-0.05, 0) is 13.8 Å². The maximum atomic E-state index is 10.1. The molecular formula is C6H13NO4. The largest absolute Gasteiger partial charge is 0.479 e. The molecule has 0 unspecified atom stereocenters. The van der Waals surface area contributed by atoms with Crippen LogP contribution < -0.4 is 0 Å². The van der Waals surface area contributed by atoms with Gasteiger partial charge < -0.3 is 15.4 Å². The van der Waals surface area contributed by atoms with Crippen molar-refractivity contribution in [1.82, 2.24) is 5.06 Å². The van der Waals surface area contributed by atoms with Crippen LogP contribution in [0.3, 0.4) is 0 Å². The van der Waals surface area contributed by atoms with E-state index < -0.39 is 12.1 Å². The fourth-order valence-electron chi connectivity index (χ4n) is 0.466. The second kappa shape index (κ2) is 4.27. The molecule has 0 saturated heterocycles. The summed E-state index contributed by atoms with van der Waals surface area (Å²) in [4.78, 5) is 10.1. The number of nitrogens with zero attached hydrogens (tertiary/aromatic N) is 1. The summed E-state index contributed by atoms with van der Waals surface area (Å²) in [6.45, 7) is 3.11. The number of rotatable bonds is 4. The molecule has 0 aromatic heterocycles. The standard InChI is InChI=1S/C6H13NO4/c1-4(2)7(11)3-5(8)6(9)10/h4-5,8,11H,3H2,1-2H3,(H,9,10)/t5-/m1/s1. The molecule has 0 heterocycles. The van der Waals surface area contributed by atoms with Crippen molar-refractivity contribution >= 4 is 5.97 Å². The summed E-state index contributed by atoms with van der Waals surface area (Å²) in [5.41, 5.74) is 0. The number of hydrogen-bond donors (Lipinski definition) is 3. The summed E-state index contributed by atoms with van der Waals surface area (Å²) < 4.78 is 0. The van der Waals surface area contributed by atoms with Crippen LogP contribution in [0.1, 0.15) is 13.8 Å². The molecule has 5 heteroatoms. The zero-order chi connectivity index (χ0) is 9.02. The SMILES string of the molecule is CC(C)N(O)C[C@@H](O)C(=O)O. The Morgan fingerprint density at radius 3 is 2.27 bits per heavy atom. The van der Waals surface area contributed by atoms with Crippen molar-refractivity contribution in [2.24, 2.45) is 0 Å². The Hall–Kier alpha value is -0.650. The minimum absolute atomic E-state index is 0.191. The zero-order valence-corrected chi connectivity index (χ0v) is 6.56.